The first-order valence-corrected chi connectivity index (χ1v) is 9.35. The number of carbonyl (C=O) groups is 3. The number of halogens is 1. The van der Waals surface area contributed by atoms with Crippen molar-refractivity contribution in [3.8, 4) is 5.88 Å². The molecule has 9 heteroatoms. The van der Waals surface area contributed by atoms with Crippen molar-refractivity contribution < 1.29 is 33.7 Å². The summed E-state index contributed by atoms with van der Waals surface area (Å²) >= 11 is 6.17. The summed E-state index contributed by atoms with van der Waals surface area (Å²) in [5, 5.41) is 10.3. The van der Waals surface area contributed by atoms with Crippen molar-refractivity contribution in [1.29, 1.82) is 0 Å². The molecule has 0 aliphatic carbocycles. The van der Waals surface area contributed by atoms with Crippen LogP contribution in [0.1, 0.15) is 35.7 Å². The second-order valence-corrected chi connectivity index (χ2v) is 6.73. The van der Waals surface area contributed by atoms with E-state index in [0.717, 1.165) is 6.42 Å². The van der Waals surface area contributed by atoms with Crippen LogP contribution in [0.5, 0.6) is 5.88 Å². The first kappa shape index (κ1) is 22.4. The van der Waals surface area contributed by atoms with E-state index in [1.165, 1.54) is 26.4 Å². The van der Waals surface area contributed by atoms with Crippen LogP contribution in [0.4, 0.5) is 0 Å². The minimum atomic E-state index is -1.42. The number of rotatable bonds is 9. The molecule has 0 bridgehead atoms. The molecule has 2 aromatic rings. The van der Waals surface area contributed by atoms with Crippen LogP contribution < -0.4 is 4.74 Å². The minimum absolute atomic E-state index is 0.0188. The molecule has 0 amide bonds. The molecule has 1 aromatic carbocycles. The van der Waals surface area contributed by atoms with Crippen molar-refractivity contribution in [2.24, 2.45) is 5.92 Å². The Morgan fingerprint density at radius 3 is 2.52 bits per heavy atom. The largest absolute Gasteiger partial charge is 0.481 e. The average molecular weight is 424 g/mol. The van der Waals surface area contributed by atoms with Crippen LogP contribution in [0.25, 0.3) is 10.9 Å². The predicted molar refractivity (Wildman–Crippen MR) is 105 cm³/mol. The minimum Gasteiger partial charge on any atom is -0.481 e. The number of hydrogen-bond donors (Lipinski definition) is 1. The van der Waals surface area contributed by atoms with Gasteiger partial charge in [0.15, 0.2) is 5.92 Å². The third kappa shape index (κ3) is 5.35. The molecule has 0 spiro atoms. The first-order valence-electron chi connectivity index (χ1n) is 8.97. The van der Waals surface area contributed by atoms with Crippen LogP contribution in [0, 0.1) is 5.92 Å². The molecule has 1 aromatic heterocycles. The zero-order chi connectivity index (χ0) is 21.6. The number of benzene rings is 1. The number of unbranched alkanes of at least 4 members (excludes halogenated alkanes) is 1. The Bertz CT molecular complexity index is 929. The average Bonchev–Trinajstić information content (AvgIpc) is 2.69. The number of ether oxygens (including phenoxy) is 3. The topological polar surface area (TPSA) is 112 Å². The molecule has 1 atom stereocenters. The second-order valence-electron chi connectivity index (χ2n) is 6.29. The molecule has 2 rings (SSSR count). The van der Waals surface area contributed by atoms with Crippen LogP contribution in [-0.4, -0.2) is 48.8 Å². The molecule has 8 nitrogen and oxygen atoms in total. The number of aliphatic carboxylic acids is 1. The number of carboxylic acids is 1. The maximum Gasteiger partial charge on any atom is 0.343 e. The van der Waals surface area contributed by atoms with Crippen molar-refractivity contribution in [2.45, 2.75) is 26.2 Å². The zero-order valence-electron chi connectivity index (χ0n) is 16.4. The van der Waals surface area contributed by atoms with E-state index >= 15 is 0 Å². The van der Waals surface area contributed by atoms with Gasteiger partial charge in [0.2, 0.25) is 5.88 Å². The molecule has 29 heavy (non-hydrogen) atoms. The third-order valence-corrected chi connectivity index (χ3v) is 4.49. The zero-order valence-corrected chi connectivity index (χ0v) is 17.1. The molecule has 156 valence electrons. The van der Waals surface area contributed by atoms with E-state index in [4.69, 9.17) is 25.8 Å². The molecule has 0 fully saturated rings. The van der Waals surface area contributed by atoms with Gasteiger partial charge >= 0.3 is 17.9 Å². The van der Waals surface area contributed by atoms with Crippen LogP contribution >= 0.6 is 11.6 Å². The van der Waals surface area contributed by atoms with E-state index in [2.05, 4.69) is 4.98 Å². The highest BCUT2D eigenvalue weighted by Gasteiger charge is 2.29. The van der Waals surface area contributed by atoms with E-state index in [1.54, 1.807) is 6.07 Å². The molecule has 0 aliphatic heterocycles. The highest BCUT2D eigenvalue weighted by Crippen LogP contribution is 2.30. The molecule has 1 heterocycles. The summed E-state index contributed by atoms with van der Waals surface area (Å²) in [6.07, 6.45) is 1.29. The summed E-state index contributed by atoms with van der Waals surface area (Å²) in [6.45, 7) is 2.09. The smallest absolute Gasteiger partial charge is 0.343 e. The third-order valence-electron chi connectivity index (χ3n) is 4.27. The van der Waals surface area contributed by atoms with Gasteiger partial charge in [0, 0.05) is 10.4 Å². The van der Waals surface area contributed by atoms with Crippen molar-refractivity contribution in [3.05, 3.63) is 34.3 Å². The molecule has 0 saturated heterocycles. The van der Waals surface area contributed by atoms with E-state index in [0.29, 0.717) is 27.9 Å². The van der Waals surface area contributed by atoms with Gasteiger partial charge in [0.1, 0.15) is 5.56 Å². The molecular weight excluding hydrogens is 402 g/mol. The lowest BCUT2D eigenvalue weighted by molar-refractivity contribution is -0.158. The normalized spacial score (nSPS) is 11.7. The Labute approximate surface area is 172 Å². The first-order chi connectivity index (χ1) is 13.8. The number of aromatic nitrogens is 1. The summed E-state index contributed by atoms with van der Waals surface area (Å²) in [7, 11) is 2.58. The van der Waals surface area contributed by atoms with Gasteiger partial charge in [-0.25, -0.2) is 9.78 Å². The van der Waals surface area contributed by atoms with Crippen LogP contribution in [0.15, 0.2) is 18.2 Å². The standard InChI is InChI=1S/C20H22ClNO7/c1-4-5-6-29-20(26)15(18(23)24)10-12-8-13(21)7-11-9-14(19(25)28-3)17(27-2)22-16(11)12/h7-9,15H,4-6,10H2,1-3H3,(H,23,24). The lowest BCUT2D eigenvalue weighted by atomic mass is 9.96. The molecular formula is C20H22ClNO7. The fourth-order valence-corrected chi connectivity index (χ4v) is 3.03. The SMILES string of the molecule is CCCCOC(=O)C(Cc1cc(Cl)cc2cc(C(=O)OC)c(OC)nc12)C(=O)O. The van der Waals surface area contributed by atoms with E-state index in [-0.39, 0.29) is 24.5 Å². The van der Waals surface area contributed by atoms with E-state index in [1.807, 2.05) is 6.92 Å². The quantitative estimate of drug-likeness (QED) is 0.371. The number of fused-ring (bicyclic) bond motifs is 1. The molecule has 0 aliphatic rings. The van der Waals surface area contributed by atoms with Crippen LogP contribution in [0.2, 0.25) is 5.02 Å². The summed E-state index contributed by atoms with van der Waals surface area (Å²) in [6, 6.07) is 4.61. The number of pyridine rings is 1. The van der Waals surface area contributed by atoms with Gasteiger partial charge in [-0.1, -0.05) is 24.9 Å². The Kier molecular flexibility index (Phi) is 7.78. The van der Waals surface area contributed by atoms with Gasteiger partial charge in [-0.2, -0.15) is 0 Å². The molecule has 0 radical (unpaired) electrons. The van der Waals surface area contributed by atoms with Crippen LogP contribution in [0.3, 0.4) is 0 Å². The van der Waals surface area contributed by atoms with E-state index < -0.39 is 23.8 Å². The summed E-state index contributed by atoms with van der Waals surface area (Å²) < 4.78 is 15.0. The number of carboxylic acid groups (broad SMARTS) is 1. The monoisotopic (exact) mass is 423 g/mol. The Hall–Kier alpha value is -2.87. The summed E-state index contributed by atoms with van der Waals surface area (Å²) in [5.74, 6) is -4.16. The maximum atomic E-state index is 12.2. The Morgan fingerprint density at radius 2 is 1.93 bits per heavy atom. The Balaban J connectivity index is 2.49. The van der Waals surface area contributed by atoms with Crippen molar-refractivity contribution in [2.75, 3.05) is 20.8 Å². The molecule has 1 unspecified atom stereocenters. The number of hydrogen-bond acceptors (Lipinski definition) is 7. The van der Waals surface area contributed by atoms with E-state index in [9.17, 15) is 19.5 Å². The maximum absolute atomic E-state index is 12.2. The number of carbonyl (C=O) groups excluding carboxylic acids is 2. The second kappa shape index (κ2) is 10.1. The molecule has 1 N–H and O–H groups in total. The number of nitrogens with zero attached hydrogens (tertiary/aromatic N) is 1. The Morgan fingerprint density at radius 1 is 1.21 bits per heavy atom. The fraction of sp³-hybridized carbons (Fsp3) is 0.400. The lowest BCUT2D eigenvalue weighted by Crippen LogP contribution is -2.28. The van der Waals surface area contributed by atoms with Gasteiger partial charge < -0.3 is 19.3 Å². The van der Waals surface area contributed by atoms with Crippen molar-refractivity contribution in [1.82, 2.24) is 4.98 Å². The lowest BCUT2D eigenvalue weighted by Gasteiger charge is -2.15. The molecule has 0 saturated carbocycles. The summed E-state index contributed by atoms with van der Waals surface area (Å²) in [4.78, 5) is 40.2. The van der Waals surface area contributed by atoms with Gasteiger partial charge in [-0.05, 0) is 36.6 Å². The van der Waals surface area contributed by atoms with Crippen LogP contribution in [-0.2, 0) is 25.5 Å². The number of methoxy groups -OCH3 is 2. The van der Waals surface area contributed by atoms with Crippen molar-refractivity contribution in [3.63, 3.8) is 0 Å². The van der Waals surface area contributed by atoms with Crippen molar-refractivity contribution >= 4 is 40.4 Å². The number of esters is 2. The summed E-state index contributed by atoms with van der Waals surface area (Å²) in [5.41, 5.74) is 0.887. The van der Waals surface area contributed by atoms with Gasteiger partial charge in [-0.15, -0.1) is 0 Å². The van der Waals surface area contributed by atoms with Gasteiger partial charge in [0.05, 0.1) is 26.3 Å². The fourth-order valence-electron chi connectivity index (χ4n) is 2.78. The highest BCUT2D eigenvalue weighted by atomic mass is 35.5. The highest BCUT2D eigenvalue weighted by molar-refractivity contribution is 6.31. The van der Waals surface area contributed by atoms with Gasteiger partial charge in [-0.3, -0.25) is 9.59 Å². The predicted octanol–water partition coefficient (Wildman–Crippen LogP) is 3.27. The van der Waals surface area contributed by atoms with Gasteiger partial charge in [0.25, 0.3) is 0 Å².